The molecule has 108 valence electrons. The van der Waals surface area contributed by atoms with Gasteiger partial charge in [0.1, 0.15) is 0 Å². The summed E-state index contributed by atoms with van der Waals surface area (Å²) in [4.78, 5) is 25.1. The van der Waals surface area contributed by atoms with Crippen molar-refractivity contribution in [2.45, 2.75) is 33.6 Å². The van der Waals surface area contributed by atoms with Crippen LogP contribution in [0.25, 0.3) is 0 Å². The fourth-order valence-electron chi connectivity index (χ4n) is 2.26. The Hall–Kier alpha value is -1.84. The smallest absolute Gasteiger partial charge is 0.231 e. The number of nitrogens with zero attached hydrogens (tertiary/aromatic N) is 1. The first-order valence-electron chi connectivity index (χ1n) is 6.95. The van der Waals surface area contributed by atoms with Crippen molar-refractivity contribution in [1.29, 1.82) is 0 Å². The zero-order valence-electron chi connectivity index (χ0n) is 12.6. The summed E-state index contributed by atoms with van der Waals surface area (Å²) >= 11 is 0. The van der Waals surface area contributed by atoms with Crippen LogP contribution < -0.4 is 10.2 Å². The molecule has 1 aromatic rings. The number of hydrogen-bond acceptors (Lipinski definition) is 2. The van der Waals surface area contributed by atoms with Crippen LogP contribution in [0, 0.1) is 5.41 Å². The molecule has 1 heterocycles. The molecule has 0 atom stereocenters. The first-order valence-corrected chi connectivity index (χ1v) is 6.95. The van der Waals surface area contributed by atoms with E-state index in [0.717, 1.165) is 23.2 Å². The van der Waals surface area contributed by atoms with Crippen LogP contribution in [0.4, 0.5) is 5.69 Å². The molecule has 0 fully saturated rings. The maximum atomic E-state index is 11.8. The van der Waals surface area contributed by atoms with Crippen LogP contribution in [0.15, 0.2) is 18.2 Å². The Labute approximate surface area is 120 Å². The SMILES string of the molecule is CN1C(=O)Cc2cc(CCNC(=O)C(C)(C)C)ccc21. The zero-order chi connectivity index (χ0) is 14.9. The molecular weight excluding hydrogens is 252 g/mol. The largest absolute Gasteiger partial charge is 0.355 e. The van der Waals surface area contributed by atoms with Gasteiger partial charge in [-0.15, -0.1) is 0 Å². The van der Waals surface area contributed by atoms with Crippen LogP contribution in [-0.2, 0) is 22.4 Å². The van der Waals surface area contributed by atoms with E-state index >= 15 is 0 Å². The molecule has 0 aromatic heterocycles. The summed E-state index contributed by atoms with van der Waals surface area (Å²) in [6.45, 7) is 6.33. The van der Waals surface area contributed by atoms with Gasteiger partial charge in [-0.05, 0) is 23.6 Å². The Morgan fingerprint density at radius 2 is 2.05 bits per heavy atom. The predicted octanol–water partition coefficient (Wildman–Crippen LogP) is 1.91. The van der Waals surface area contributed by atoms with Crippen molar-refractivity contribution >= 4 is 17.5 Å². The molecule has 0 aliphatic carbocycles. The number of anilines is 1. The van der Waals surface area contributed by atoms with Gasteiger partial charge in [-0.1, -0.05) is 32.9 Å². The molecule has 2 rings (SSSR count). The first kappa shape index (κ1) is 14.6. The second-order valence-electron chi connectivity index (χ2n) is 6.35. The average molecular weight is 274 g/mol. The minimum atomic E-state index is -0.354. The van der Waals surface area contributed by atoms with Crippen molar-refractivity contribution in [3.05, 3.63) is 29.3 Å². The molecule has 4 heteroatoms. The number of carbonyl (C=O) groups is 2. The molecule has 0 spiro atoms. The van der Waals surface area contributed by atoms with Gasteiger partial charge in [0.15, 0.2) is 0 Å². The lowest BCUT2D eigenvalue weighted by atomic mass is 9.95. The lowest BCUT2D eigenvalue weighted by Gasteiger charge is -2.17. The van der Waals surface area contributed by atoms with Crippen molar-refractivity contribution in [2.75, 3.05) is 18.5 Å². The maximum absolute atomic E-state index is 11.8. The monoisotopic (exact) mass is 274 g/mol. The molecule has 0 saturated heterocycles. The first-order chi connectivity index (χ1) is 9.29. The van der Waals surface area contributed by atoms with Crippen LogP contribution in [0.2, 0.25) is 0 Å². The molecule has 1 aliphatic heterocycles. The van der Waals surface area contributed by atoms with Gasteiger partial charge in [-0.2, -0.15) is 0 Å². The van der Waals surface area contributed by atoms with Gasteiger partial charge in [-0.25, -0.2) is 0 Å². The molecule has 1 aliphatic rings. The minimum Gasteiger partial charge on any atom is -0.355 e. The van der Waals surface area contributed by atoms with Crippen molar-refractivity contribution in [3.8, 4) is 0 Å². The summed E-state index contributed by atoms with van der Waals surface area (Å²) in [5.74, 6) is 0.201. The van der Waals surface area contributed by atoms with E-state index in [-0.39, 0.29) is 17.2 Å². The van der Waals surface area contributed by atoms with Gasteiger partial charge in [0.2, 0.25) is 11.8 Å². The van der Waals surface area contributed by atoms with E-state index in [4.69, 9.17) is 0 Å². The van der Waals surface area contributed by atoms with Crippen LogP contribution in [0.5, 0.6) is 0 Å². The predicted molar refractivity (Wildman–Crippen MR) is 79.7 cm³/mol. The molecule has 1 aromatic carbocycles. The summed E-state index contributed by atoms with van der Waals surface area (Å²) < 4.78 is 0. The molecule has 2 amide bonds. The highest BCUT2D eigenvalue weighted by atomic mass is 16.2. The van der Waals surface area contributed by atoms with Crippen LogP contribution in [0.3, 0.4) is 0 Å². The number of carbonyl (C=O) groups excluding carboxylic acids is 2. The van der Waals surface area contributed by atoms with Gasteiger partial charge >= 0.3 is 0 Å². The van der Waals surface area contributed by atoms with Crippen molar-refractivity contribution < 1.29 is 9.59 Å². The number of fused-ring (bicyclic) bond motifs is 1. The highest BCUT2D eigenvalue weighted by molar-refractivity contribution is 6.00. The molecule has 4 nitrogen and oxygen atoms in total. The number of benzene rings is 1. The number of amides is 2. The molecule has 20 heavy (non-hydrogen) atoms. The summed E-state index contributed by atoms with van der Waals surface area (Å²) in [7, 11) is 1.80. The van der Waals surface area contributed by atoms with E-state index in [9.17, 15) is 9.59 Å². The fraction of sp³-hybridized carbons (Fsp3) is 0.500. The van der Waals surface area contributed by atoms with E-state index in [1.165, 1.54) is 0 Å². The fourth-order valence-corrected chi connectivity index (χ4v) is 2.26. The van der Waals surface area contributed by atoms with Crippen LogP contribution in [0.1, 0.15) is 31.9 Å². The highest BCUT2D eigenvalue weighted by Crippen LogP contribution is 2.28. The number of likely N-dealkylation sites (N-methyl/N-ethyl adjacent to an activating group) is 1. The molecule has 0 unspecified atom stereocenters. The van der Waals surface area contributed by atoms with Gasteiger partial charge in [0.25, 0.3) is 0 Å². The Balaban J connectivity index is 1.95. The Morgan fingerprint density at radius 1 is 1.35 bits per heavy atom. The van der Waals surface area contributed by atoms with E-state index in [2.05, 4.69) is 11.4 Å². The summed E-state index contributed by atoms with van der Waals surface area (Å²) in [5.41, 5.74) is 2.88. The van der Waals surface area contributed by atoms with E-state index in [1.54, 1.807) is 11.9 Å². The number of nitrogens with one attached hydrogen (secondary N) is 1. The van der Waals surface area contributed by atoms with E-state index in [1.807, 2.05) is 32.9 Å². The highest BCUT2D eigenvalue weighted by Gasteiger charge is 2.24. The summed E-state index contributed by atoms with van der Waals surface area (Å²) in [6, 6.07) is 6.08. The van der Waals surface area contributed by atoms with Gasteiger partial charge in [0, 0.05) is 24.7 Å². The van der Waals surface area contributed by atoms with Gasteiger partial charge in [-0.3, -0.25) is 9.59 Å². The topological polar surface area (TPSA) is 49.4 Å². The Morgan fingerprint density at radius 3 is 2.70 bits per heavy atom. The standard InChI is InChI=1S/C16H22N2O2/c1-16(2,3)15(20)17-8-7-11-5-6-13-12(9-11)10-14(19)18(13)4/h5-6,9H,7-8,10H2,1-4H3,(H,17,20). The van der Waals surface area contributed by atoms with Crippen LogP contribution in [-0.4, -0.2) is 25.4 Å². The van der Waals surface area contributed by atoms with Crippen molar-refractivity contribution in [1.82, 2.24) is 5.32 Å². The summed E-state index contributed by atoms with van der Waals surface area (Å²) in [5, 5.41) is 2.94. The van der Waals surface area contributed by atoms with Crippen molar-refractivity contribution in [3.63, 3.8) is 0 Å². The second-order valence-corrected chi connectivity index (χ2v) is 6.35. The number of hydrogen-bond donors (Lipinski definition) is 1. The van der Waals surface area contributed by atoms with Gasteiger partial charge in [0.05, 0.1) is 6.42 Å². The lowest BCUT2D eigenvalue weighted by molar-refractivity contribution is -0.128. The van der Waals surface area contributed by atoms with Crippen molar-refractivity contribution in [2.24, 2.45) is 5.41 Å². The molecule has 0 saturated carbocycles. The second kappa shape index (κ2) is 5.27. The molecular formula is C16H22N2O2. The molecule has 0 radical (unpaired) electrons. The zero-order valence-corrected chi connectivity index (χ0v) is 12.6. The third kappa shape index (κ3) is 3.00. The molecule has 0 bridgehead atoms. The third-order valence-electron chi connectivity index (χ3n) is 3.60. The quantitative estimate of drug-likeness (QED) is 0.915. The maximum Gasteiger partial charge on any atom is 0.231 e. The Kier molecular flexibility index (Phi) is 3.84. The normalized spacial score (nSPS) is 14.4. The third-order valence-corrected chi connectivity index (χ3v) is 3.60. The molecule has 1 N–H and O–H groups in total. The summed E-state index contributed by atoms with van der Waals surface area (Å²) in [6.07, 6.45) is 1.26. The Bertz CT molecular complexity index is 544. The van der Waals surface area contributed by atoms with Gasteiger partial charge < -0.3 is 10.2 Å². The van der Waals surface area contributed by atoms with E-state index in [0.29, 0.717) is 13.0 Å². The average Bonchev–Trinajstić information content (AvgIpc) is 2.63. The lowest BCUT2D eigenvalue weighted by Crippen LogP contribution is -2.35. The van der Waals surface area contributed by atoms with Crippen LogP contribution >= 0.6 is 0 Å². The van der Waals surface area contributed by atoms with E-state index < -0.39 is 0 Å². The number of rotatable bonds is 3. The minimum absolute atomic E-state index is 0.0635.